The summed E-state index contributed by atoms with van der Waals surface area (Å²) >= 11 is 0. The van der Waals surface area contributed by atoms with Crippen LogP contribution in [-0.2, 0) is 6.54 Å². The number of nitrogens with zero attached hydrogens (tertiary/aromatic N) is 4. The first-order chi connectivity index (χ1) is 9.67. The molecule has 0 amide bonds. The Hall–Kier alpha value is -1.47. The first kappa shape index (κ1) is 14.9. The zero-order valence-corrected chi connectivity index (χ0v) is 12.2. The van der Waals surface area contributed by atoms with Crippen molar-refractivity contribution in [3.05, 3.63) is 5.82 Å². The van der Waals surface area contributed by atoms with E-state index in [9.17, 15) is 0 Å². The van der Waals surface area contributed by atoms with Gasteiger partial charge in [-0.05, 0) is 32.4 Å². The van der Waals surface area contributed by atoms with E-state index in [2.05, 4.69) is 32.1 Å². The van der Waals surface area contributed by atoms with E-state index in [1.54, 1.807) is 0 Å². The van der Waals surface area contributed by atoms with Crippen molar-refractivity contribution in [1.82, 2.24) is 25.2 Å². The van der Waals surface area contributed by atoms with Crippen LogP contribution in [0.15, 0.2) is 0 Å². The fourth-order valence-electron chi connectivity index (χ4n) is 2.67. The first-order valence-corrected chi connectivity index (χ1v) is 7.39. The van der Waals surface area contributed by atoms with Crippen LogP contribution in [0.5, 0.6) is 0 Å². The summed E-state index contributed by atoms with van der Waals surface area (Å²) in [6.07, 6.45) is 4.93. The third-order valence-corrected chi connectivity index (χ3v) is 3.51. The molecule has 1 saturated heterocycles. The number of hydrogen-bond acceptors (Lipinski definition) is 7. The van der Waals surface area contributed by atoms with Crippen LogP contribution in [-0.4, -0.2) is 45.5 Å². The normalized spacial score (nSPS) is 19.4. The van der Waals surface area contributed by atoms with Crippen molar-refractivity contribution < 1.29 is 0 Å². The van der Waals surface area contributed by atoms with E-state index in [4.69, 9.17) is 11.5 Å². The molecule has 2 rings (SSSR count). The van der Waals surface area contributed by atoms with Gasteiger partial charge in [0.05, 0.1) is 6.54 Å². The Balaban J connectivity index is 1.96. The topological polar surface area (TPSA) is 106 Å². The van der Waals surface area contributed by atoms with Gasteiger partial charge < -0.3 is 16.8 Å². The monoisotopic (exact) mass is 279 g/mol. The van der Waals surface area contributed by atoms with Gasteiger partial charge in [0, 0.05) is 12.6 Å². The molecule has 1 aliphatic heterocycles. The highest BCUT2D eigenvalue weighted by Crippen LogP contribution is 2.11. The van der Waals surface area contributed by atoms with Crippen molar-refractivity contribution in [3.8, 4) is 0 Å². The lowest BCUT2D eigenvalue weighted by molar-refractivity contribution is 0.213. The maximum atomic E-state index is 5.62. The number of nitrogens with two attached hydrogens (primary N) is 2. The summed E-state index contributed by atoms with van der Waals surface area (Å²) in [7, 11) is 0. The number of piperidine rings is 1. The van der Waals surface area contributed by atoms with Crippen molar-refractivity contribution >= 4 is 11.9 Å². The Labute approximate surface area is 120 Å². The number of nitrogen functional groups attached to an aromatic ring is 2. The molecule has 1 aromatic rings. The van der Waals surface area contributed by atoms with Crippen LogP contribution in [0.4, 0.5) is 11.9 Å². The van der Waals surface area contributed by atoms with E-state index >= 15 is 0 Å². The van der Waals surface area contributed by atoms with Crippen molar-refractivity contribution in [3.63, 3.8) is 0 Å². The average molecular weight is 279 g/mol. The van der Waals surface area contributed by atoms with Crippen molar-refractivity contribution in [2.45, 2.75) is 45.2 Å². The van der Waals surface area contributed by atoms with Gasteiger partial charge in [0.15, 0.2) is 0 Å². The Morgan fingerprint density at radius 3 is 2.55 bits per heavy atom. The molecule has 1 aliphatic rings. The zero-order chi connectivity index (χ0) is 14.4. The molecule has 0 radical (unpaired) electrons. The molecular weight excluding hydrogens is 254 g/mol. The van der Waals surface area contributed by atoms with E-state index in [-0.39, 0.29) is 11.9 Å². The molecule has 1 fully saturated rings. The van der Waals surface area contributed by atoms with Gasteiger partial charge in [0.25, 0.3) is 0 Å². The molecule has 112 valence electrons. The largest absolute Gasteiger partial charge is 0.368 e. The van der Waals surface area contributed by atoms with Gasteiger partial charge >= 0.3 is 0 Å². The van der Waals surface area contributed by atoms with Crippen molar-refractivity contribution in [2.75, 3.05) is 31.1 Å². The Bertz CT molecular complexity index is 397. The summed E-state index contributed by atoms with van der Waals surface area (Å²) in [5, 5.41) is 3.57. The summed E-state index contributed by atoms with van der Waals surface area (Å²) in [6, 6.07) is 0.562. The van der Waals surface area contributed by atoms with E-state index < -0.39 is 0 Å². The first-order valence-electron chi connectivity index (χ1n) is 7.39. The minimum atomic E-state index is 0.194. The molecule has 7 heteroatoms. The van der Waals surface area contributed by atoms with Gasteiger partial charge in [-0.3, -0.25) is 4.90 Å². The molecule has 0 saturated carbocycles. The highest BCUT2D eigenvalue weighted by molar-refractivity contribution is 5.25. The summed E-state index contributed by atoms with van der Waals surface area (Å²) < 4.78 is 0. The molecule has 0 aromatic carbocycles. The van der Waals surface area contributed by atoms with Crippen LogP contribution < -0.4 is 16.8 Å². The average Bonchev–Trinajstić information content (AvgIpc) is 2.39. The highest BCUT2D eigenvalue weighted by Gasteiger charge is 2.17. The van der Waals surface area contributed by atoms with Gasteiger partial charge in [-0.15, -0.1) is 0 Å². The van der Waals surface area contributed by atoms with Gasteiger partial charge in [-0.25, -0.2) is 0 Å². The van der Waals surface area contributed by atoms with Gasteiger partial charge in [0.2, 0.25) is 11.9 Å². The van der Waals surface area contributed by atoms with Crippen LogP contribution in [0.3, 0.4) is 0 Å². The molecule has 1 unspecified atom stereocenters. The third kappa shape index (κ3) is 4.57. The molecule has 0 aliphatic carbocycles. The number of aromatic nitrogens is 3. The minimum absolute atomic E-state index is 0.194. The summed E-state index contributed by atoms with van der Waals surface area (Å²) in [5.41, 5.74) is 11.2. The molecule has 0 spiro atoms. The smallest absolute Gasteiger partial charge is 0.225 e. The third-order valence-electron chi connectivity index (χ3n) is 3.51. The predicted octanol–water partition coefficient (Wildman–Crippen LogP) is 0.390. The van der Waals surface area contributed by atoms with Crippen LogP contribution in [0.2, 0.25) is 0 Å². The molecule has 20 heavy (non-hydrogen) atoms. The second-order valence-corrected chi connectivity index (χ2v) is 5.35. The van der Waals surface area contributed by atoms with Gasteiger partial charge in [0.1, 0.15) is 5.82 Å². The Morgan fingerprint density at radius 2 is 1.95 bits per heavy atom. The molecular formula is C13H25N7. The molecule has 2 heterocycles. The Kier molecular flexibility index (Phi) is 5.49. The summed E-state index contributed by atoms with van der Waals surface area (Å²) in [4.78, 5) is 14.5. The molecule has 1 aromatic heterocycles. The standard InChI is InChI=1S/C13H25N7/c1-2-7-20(8-10-5-3-4-6-16-10)9-11-17-12(14)19-13(15)18-11/h10,16H,2-9H2,1H3,(H4,14,15,17,18,19). The van der Waals surface area contributed by atoms with Crippen LogP contribution >= 0.6 is 0 Å². The molecule has 7 nitrogen and oxygen atoms in total. The lowest BCUT2D eigenvalue weighted by Crippen LogP contribution is -2.43. The number of rotatable bonds is 6. The summed E-state index contributed by atoms with van der Waals surface area (Å²) in [5.74, 6) is 1.04. The molecule has 5 N–H and O–H groups in total. The maximum Gasteiger partial charge on any atom is 0.225 e. The van der Waals surface area contributed by atoms with E-state index in [0.29, 0.717) is 18.4 Å². The fourth-order valence-corrected chi connectivity index (χ4v) is 2.67. The van der Waals surface area contributed by atoms with Crippen molar-refractivity contribution in [1.29, 1.82) is 0 Å². The lowest BCUT2D eigenvalue weighted by atomic mass is 10.0. The number of hydrogen-bond donors (Lipinski definition) is 3. The number of anilines is 2. The SMILES string of the molecule is CCCN(Cc1nc(N)nc(N)n1)CC1CCCCN1. The van der Waals surface area contributed by atoms with Gasteiger partial charge in [-0.2, -0.15) is 15.0 Å². The second-order valence-electron chi connectivity index (χ2n) is 5.35. The number of nitrogens with one attached hydrogen (secondary N) is 1. The molecule has 0 bridgehead atoms. The predicted molar refractivity (Wildman–Crippen MR) is 79.9 cm³/mol. The lowest BCUT2D eigenvalue weighted by Gasteiger charge is -2.30. The van der Waals surface area contributed by atoms with Crippen LogP contribution in [0, 0.1) is 0 Å². The summed E-state index contributed by atoms with van der Waals surface area (Å²) in [6.45, 7) is 6.00. The zero-order valence-electron chi connectivity index (χ0n) is 12.2. The maximum absolute atomic E-state index is 5.62. The van der Waals surface area contributed by atoms with E-state index in [1.165, 1.54) is 19.3 Å². The quantitative estimate of drug-likeness (QED) is 0.691. The van der Waals surface area contributed by atoms with Crippen molar-refractivity contribution in [2.24, 2.45) is 0 Å². The minimum Gasteiger partial charge on any atom is -0.368 e. The van der Waals surface area contributed by atoms with Crippen LogP contribution in [0.1, 0.15) is 38.4 Å². The highest BCUT2D eigenvalue weighted by atomic mass is 15.2. The van der Waals surface area contributed by atoms with E-state index in [0.717, 1.165) is 26.1 Å². The fraction of sp³-hybridized carbons (Fsp3) is 0.769. The Morgan fingerprint density at radius 1 is 1.20 bits per heavy atom. The second kappa shape index (κ2) is 7.35. The van der Waals surface area contributed by atoms with E-state index in [1.807, 2.05) is 0 Å². The van der Waals surface area contributed by atoms with Crippen LogP contribution in [0.25, 0.3) is 0 Å². The molecule has 1 atom stereocenters. The van der Waals surface area contributed by atoms with Gasteiger partial charge in [-0.1, -0.05) is 13.3 Å².